The lowest BCUT2D eigenvalue weighted by atomic mass is 10.1. The molecule has 0 saturated carbocycles. The van der Waals surface area contributed by atoms with Crippen molar-refractivity contribution >= 4 is 29.2 Å². The van der Waals surface area contributed by atoms with E-state index < -0.39 is 5.97 Å². The van der Waals surface area contributed by atoms with Gasteiger partial charge in [0.1, 0.15) is 0 Å². The van der Waals surface area contributed by atoms with Crippen molar-refractivity contribution < 1.29 is 9.90 Å². The third-order valence-corrected chi connectivity index (χ3v) is 3.07. The van der Waals surface area contributed by atoms with Gasteiger partial charge in [0.25, 0.3) is 0 Å². The molecule has 0 aliphatic carbocycles. The van der Waals surface area contributed by atoms with E-state index in [9.17, 15) is 4.79 Å². The maximum absolute atomic E-state index is 10.8. The molecular weight excluding hydrogens is 264 g/mol. The molecule has 0 aliphatic rings. The molecule has 4 heteroatoms. The minimum absolute atomic E-state index is 0.276. The van der Waals surface area contributed by atoms with E-state index in [-0.39, 0.29) is 5.56 Å². The standard InChI is InChI=1S/C17H12N2O2/c20-17(21)13-8-5-12(6-9-13)7-10-14-11-18-15-3-1-2-4-16(15)19-14/h1-11H,(H,20,21)/b10-7+. The van der Waals surface area contributed by atoms with Gasteiger partial charge in [-0.05, 0) is 35.9 Å². The summed E-state index contributed by atoms with van der Waals surface area (Å²) in [7, 11) is 0. The van der Waals surface area contributed by atoms with E-state index in [0.717, 1.165) is 22.3 Å². The van der Waals surface area contributed by atoms with Crippen molar-refractivity contribution in [3.63, 3.8) is 0 Å². The van der Waals surface area contributed by atoms with Crippen LogP contribution in [0.5, 0.6) is 0 Å². The minimum atomic E-state index is -0.925. The number of benzene rings is 2. The fourth-order valence-corrected chi connectivity index (χ4v) is 1.97. The van der Waals surface area contributed by atoms with Crippen LogP contribution < -0.4 is 0 Å². The normalized spacial score (nSPS) is 11.0. The minimum Gasteiger partial charge on any atom is -0.478 e. The quantitative estimate of drug-likeness (QED) is 0.795. The number of para-hydroxylation sites is 2. The first-order valence-electron chi connectivity index (χ1n) is 6.45. The number of rotatable bonds is 3. The number of hydrogen-bond acceptors (Lipinski definition) is 3. The Kier molecular flexibility index (Phi) is 3.43. The Labute approximate surface area is 121 Å². The first-order chi connectivity index (χ1) is 10.2. The molecule has 0 radical (unpaired) electrons. The average Bonchev–Trinajstić information content (AvgIpc) is 2.53. The maximum atomic E-state index is 10.8. The summed E-state index contributed by atoms with van der Waals surface area (Å²) in [5, 5.41) is 8.85. The van der Waals surface area contributed by atoms with Crippen LogP contribution in [0.4, 0.5) is 0 Å². The van der Waals surface area contributed by atoms with Crippen molar-refractivity contribution in [3.8, 4) is 0 Å². The maximum Gasteiger partial charge on any atom is 0.335 e. The van der Waals surface area contributed by atoms with Gasteiger partial charge < -0.3 is 5.11 Å². The third kappa shape index (κ3) is 2.95. The van der Waals surface area contributed by atoms with Gasteiger partial charge >= 0.3 is 5.97 Å². The highest BCUT2D eigenvalue weighted by molar-refractivity contribution is 5.88. The summed E-state index contributed by atoms with van der Waals surface area (Å²) in [5.74, 6) is -0.925. The van der Waals surface area contributed by atoms with Gasteiger partial charge in [0.2, 0.25) is 0 Å². The molecule has 0 amide bonds. The van der Waals surface area contributed by atoms with E-state index in [4.69, 9.17) is 5.11 Å². The van der Waals surface area contributed by atoms with E-state index >= 15 is 0 Å². The van der Waals surface area contributed by atoms with E-state index in [1.165, 1.54) is 0 Å². The highest BCUT2D eigenvalue weighted by Gasteiger charge is 2.00. The number of carboxylic acids is 1. The smallest absolute Gasteiger partial charge is 0.335 e. The molecule has 3 rings (SSSR count). The molecule has 102 valence electrons. The first kappa shape index (κ1) is 13.0. The summed E-state index contributed by atoms with van der Waals surface area (Å²) in [4.78, 5) is 19.6. The molecule has 0 fully saturated rings. The average molecular weight is 276 g/mol. The van der Waals surface area contributed by atoms with Crippen molar-refractivity contribution in [2.45, 2.75) is 0 Å². The second-order valence-corrected chi connectivity index (χ2v) is 4.54. The highest BCUT2D eigenvalue weighted by atomic mass is 16.4. The molecule has 0 unspecified atom stereocenters. The fourth-order valence-electron chi connectivity index (χ4n) is 1.97. The van der Waals surface area contributed by atoms with Gasteiger partial charge in [0.15, 0.2) is 0 Å². The molecule has 0 bridgehead atoms. The number of carbonyl (C=O) groups is 1. The molecule has 0 spiro atoms. The predicted molar refractivity (Wildman–Crippen MR) is 81.9 cm³/mol. The number of carboxylic acid groups (broad SMARTS) is 1. The van der Waals surface area contributed by atoms with Gasteiger partial charge in [-0.1, -0.05) is 30.3 Å². The number of hydrogen-bond donors (Lipinski definition) is 1. The number of aromatic carboxylic acids is 1. The number of nitrogens with zero attached hydrogens (tertiary/aromatic N) is 2. The van der Waals surface area contributed by atoms with Crippen LogP contribution in [0.15, 0.2) is 54.7 Å². The largest absolute Gasteiger partial charge is 0.478 e. The van der Waals surface area contributed by atoms with Gasteiger partial charge in [-0.3, -0.25) is 4.98 Å². The molecule has 0 saturated heterocycles. The highest BCUT2D eigenvalue weighted by Crippen LogP contribution is 2.12. The summed E-state index contributed by atoms with van der Waals surface area (Å²) >= 11 is 0. The molecule has 1 heterocycles. The van der Waals surface area contributed by atoms with Crippen molar-refractivity contribution in [1.82, 2.24) is 9.97 Å². The Bertz CT molecular complexity index is 824. The molecule has 3 aromatic rings. The zero-order valence-electron chi connectivity index (χ0n) is 11.1. The third-order valence-electron chi connectivity index (χ3n) is 3.07. The van der Waals surface area contributed by atoms with Crippen LogP contribution in [0.25, 0.3) is 23.2 Å². The molecule has 2 aromatic carbocycles. The van der Waals surface area contributed by atoms with Crippen LogP contribution in [-0.4, -0.2) is 21.0 Å². The summed E-state index contributed by atoms with van der Waals surface area (Å²) in [6, 6.07) is 14.4. The van der Waals surface area contributed by atoms with Gasteiger partial charge in [0, 0.05) is 0 Å². The summed E-state index contributed by atoms with van der Waals surface area (Å²) in [5.41, 5.74) is 3.66. The van der Waals surface area contributed by atoms with Crippen LogP contribution in [0.2, 0.25) is 0 Å². The van der Waals surface area contributed by atoms with E-state index in [1.54, 1.807) is 30.5 Å². The van der Waals surface area contributed by atoms with Gasteiger partial charge in [0.05, 0.1) is 28.5 Å². The number of aromatic nitrogens is 2. The zero-order chi connectivity index (χ0) is 14.7. The summed E-state index contributed by atoms with van der Waals surface area (Å²) in [6.07, 6.45) is 5.45. The van der Waals surface area contributed by atoms with Crippen molar-refractivity contribution in [3.05, 3.63) is 71.5 Å². The van der Waals surface area contributed by atoms with E-state index in [2.05, 4.69) is 9.97 Å². The zero-order valence-corrected chi connectivity index (χ0v) is 11.1. The van der Waals surface area contributed by atoms with Crippen molar-refractivity contribution in [1.29, 1.82) is 0 Å². The molecular formula is C17H12N2O2. The summed E-state index contributed by atoms with van der Waals surface area (Å²) in [6.45, 7) is 0. The Morgan fingerprint density at radius 3 is 2.38 bits per heavy atom. The molecule has 0 atom stereocenters. The summed E-state index contributed by atoms with van der Waals surface area (Å²) < 4.78 is 0. The molecule has 4 nitrogen and oxygen atoms in total. The van der Waals surface area contributed by atoms with Gasteiger partial charge in [-0.15, -0.1) is 0 Å². The monoisotopic (exact) mass is 276 g/mol. The Morgan fingerprint density at radius 1 is 0.952 bits per heavy atom. The predicted octanol–water partition coefficient (Wildman–Crippen LogP) is 3.50. The van der Waals surface area contributed by atoms with E-state index in [1.807, 2.05) is 36.4 Å². The topological polar surface area (TPSA) is 63.1 Å². The molecule has 21 heavy (non-hydrogen) atoms. The lowest BCUT2D eigenvalue weighted by molar-refractivity contribution is 0.0697. The van der Waals surface area contributed by atoms with Gasteiger partial charge in [-0.2, -0.15) is 0 Å². The SMILES string of the molecule is O=C(O)c1ccc(/C=C/c2cnc3ccccc3n2)cc1. The van der Waals surface area contributed by atoms with Crippen LogP contribution in [-0.2, 0) is 0 Å². The van der Waals surface area contributed by atoms with E-state index in [0.29, 0.717) is 0 Å². The van der Waals surface area contributed by atoms with Gasteiger partial charge in [-0.25, -0.2) is 9.78 Å². The number of fused-ring (bicyclic) bond motifs is 1. The molecule has 0 aliphatic heterocycles. The van der Waals surface area contributed by atoms with Crippen LogP contribution in [0.3, 0.4) is 0 Å². The second-order valence-electron chi connectivity index (χ2n) is 4.54. The molecule has 1 N–H and O–H groups in total. The second kappa shape index (κ2) is 5.54. The van der Waals surface area contributed by atoms with Crippen molar-refractivity contribution in [2.75, 3.05) is 0 Å². The van der Waals surface area contributed by atoms with Crippen LogP contribution in [0, 0.1) is 0 Å². The van der Waals surface area contributed by atoms with Crippen LogP contribution >= 0.6 is 0 Å². The first-order valence-corrected chi connectivity index (χ1v) is 6.45. The molecule has 1 aromatic heterocycles. The lowest BCUT2D eigenvalue weighted by Gasteiger charge is -1.98. The lowest BCUT2D eigenvalue weighted by Crippen LogP contribution is -1.94. The Hall–Kier alpha value is -3.01. The fraction of sp³-hybridized carbons (Fsp3) is 0. The Morgan fingerprint density at radius 2 is 1.67 bits per heavy atom. The van der Waals surface area contributed by atoms with Crippen LogP contribution in [0.1, 0.15) is 21.6 Å². The Balaban J connectivity index is 1.85. The van der Waals surface area contributed by atoms with Crippen molar-refractivity contribution in [2.24, 2.45) is 0 Å².